The Morgan fingerprint density at radius 1 is 1.16 bits per heavy atom. The highest BCUT2D eigenvalue weighted by Gasteiger charge is 2.63. The molecule has 2 saturated carbocycles. The van der Waals surface area contributed by atoms with Gasteiger partial charge in [0.15, 0.2) is 5.78 Å². The highest BCUT2D eigenvalue weighted by atomic mass is 16.1. The lowest BCUT2D eigenvalue weighted by Crippen LogP contribution is -2.57. The van der Waals surface area contributed by atoms with Crippen LogP contribution in [0.2, 0.25) is 0 Å². The van der Waals surface area contributed by atoms with Gasteiger partial charge in [0, 0.05) is 34.7 Å². The number of carbonyl (C=O) groups is 3. The minimum atomic E-state index is -0.525. The van der Waals surface area contributed by atoms with Gasteiger partial charge in [-0.05, 0) is 51.0 Å². The molecular formula is C28H34O3. The van der Waals surface area contributed by atoms with E-state index in [4.69, 9.17) is 0 Å². The molecule has 0 amide bonds. The monoisotopic (exact) mass is 418 g/mol. The first kappa shape index (κ1) is 21.9. The lowest BCUT2D eigenvalue weighted by molar-refractivity contribution is -0.160. The Kier molecular flexibility index (Phi) is 5.89. The van der Waals surface area contributed by atoms with E-state index in [1.807, 2.05) is 38.1 Å². The van der Waals surface area contributed by atoms with Crippen molar-refractivity contribution < 1.29 is 14.4 Å². The Morgan fingerprint density at radius 2 is 1.87 bits per heavy atom. The van der Waals surface area contributed by atoms with Crippen LogP contribution in [0.25, 0.3) is 0 Å². The summed E-state index contributed by atoms with van der Waals surface area (Å²) in [7, 11) is 0. The van der Waals surface area contributed by atoms with Crippen molar-refractivity contribution in [2.45, 2.75) is 59.8 Å². The van der Waals surface area contributed by atoms with Gasteiger partial charge >= 0.3 is 0 Å². The van der Waals surface area contributed by atoms with E-state index in [1.54, 1.807) is 6.92 Å². The van der Waals surface area contributed by atoms with E-state index in [1.165, 1.54) is 5.56 Å². The van der Waals surface area contributed by atoms with E-state index in [0.29, 0.717) is 6.42 Å². The van der Waals surface area contributed by atoms with Crippen LogP contribution in [0, 0.1) is 35.0 Å². The number of hydrogen-bond acceptors (Lipinski definition) is 3. The summed E-state index contributed by atoms with van der Waals surface area (Å²) in [5, 5.41) is 0. The summed E-state index contributed by atoms with van der Waals surface area (Å²) in [6, 6.07) is 10.4. The second kappa shape index (κ2) is 8.33. The summed E-state index contributed by atoms with van der Waals surface area (Å²) in [6.45, 7) is 7.71. The molecule has 1 aromatic carbocycles. The maximum Gasteiger partial charge on any atom is 0.166 e. The Bertz CT molecular complexity index is 952. The van der Waals surface area contributed by atoms with Gasteiger partial charge in [-0.15, -0.1) is 0 Å². The van der Waals surface area contributed by atoms with E-state index in [2.05, 4.69) is 25.1 Å². The third-order valence-corrected chi connectivity index (χ3v) is 8.17. The lowest BCUT2D eigenvalue weighted by Gasteiger charge is -2.50. The summed E-state index contributed by atoms with van der Waals surface area (Å²) in [6.07, 6.45) is 8.24. The first-order chi connectivity index (χ1) is 14.8. The number of carbonyl (C=O) groups excluding carboxylic acids is 3. The topological polar surface area (TPSA) is 51.2 Å². The summed E-state index contributed by atoms with van der Waals surface area (Å²) >= 11 is 0. The van der Waals surface area contributed by atoms with Gasteiger partial charge in [-0.2, -0.15) is 0 Å². The molecule has 164 valence electrons. The van der Waals surface area contributed by atoms with Crippen molar-refractivity contribution in [3.05, 3.63) is 59.2 Å². The summed E-state index contributed by atoms with van der Waals surface area (Å²) < 4.78 is 0. The summed E-state index contributed by atoms with van der Waals surface area (Å²) in [5.41, 5.74) is 2.69. The Hall–Kier alpha value is -2.29. The third kappa shape index (κ3) is 3.66. The van der Waals surface area contributed by atoms with Gasteiger partial charge in [0.1, 0.15) is 11.6 Å². The van der Waals surface area contributed by atoms with Gasteiger partial charge in [-0.1, -0.05) is 68.3 Å². The average molecular weight is 419 g/mol. The van der Waals surface area contributed by atoms with E-state index in [-0.39, 0.29) is 46.9 Å². The van der Waals surface area contributed by atoms with Crippen molar-refractivity contribution >= 4 is 17.3 Å². The molecule has 0 saturated heterocycles. The molecule has 3 heteroatoms. The van der Waals surface area contributed by atoms with E-state index < -0.39 is 5.41 Å². The Morgan fingerprint density at radius 3 is 2.48 bits per heavy atom. The smallest absolute Gasteiger partial charge is 0.166 e. The van der Waals surface area contributed by atoms with E-state index in [0.717, 1.165) is 36.8 Å². The van der Waals surface area contributed by atoms with Crippen LogP contribution in [0.3, 0.4) is 0 Å². The fourth-order valence-corrected chi connectivity index (χ4v) is 6.57. The molecule has 0 N–H and O–H groups in total. The molecule has 2 fully saturated rings. The Labute approximate surface area is 186 Å². The molecule has 0 aliphatic heterocycles. The number of benzene rings is 1. The lowest BCUT2D eigenvalue weighted by atomic mass is 9.50. The third-order valence-electron chi connectivity index (χ3n) is 8.17. The zero-order valence-corrected chi connectivity index (χ0v) is 19.2. The largest absolute Gasteiger partial charge is 0.300 e. The highest BCUT2D eigenvalue weighted by Crippen LogP contribution is 2.60. The van der Waals surface area contributed by atoms with Crippen LogP contribution in [-0.4, -0.2) is 17.3 Å². The number of Topliss-reactive ketones (excluding diaryl/α,β-unsaturated/α-hetero) is 3. The predicted molar refractivity (Wildman–Crippen MR) is 122 cm³/mol. The zero-order valence-electron chi connectivity index (χ0n) is 19.2. The van der Waals surface area contributed by atoms with Gasteiger partial charge in [0.05, 0.1) is 0 Å². The maximum atomic E-state index is 13.6. The normalized spacial score (nSPS) is 30.9. The standard InChI is InChI=1S/C28H34O3/c1-17(2)25(19(4)29)23-16-28(27(23)31)14-8-11-24(28)26(30)22-13-12-21(18(22)3)15-20-9-6-5-7-10-20/h5-7,9-10,12-13,17,21,23-25H,8,11,14-16H2,1-4H3/t21?,23?,24?,25-,28?/m0/s1. The SMILES string of the molecule is CC(=O)[C@H](C(C)C)C1CC2(CCCC2C(=O)C2=C(C)C(Cc3ccccc3)C=C2)C1=O. The molecule has 0 radical (unpaired) electrons. The van der Waals surface area contributed by atoms with Crippen LogP contribution >= 0.6 is 0 Å². The molecule has 3 aliphatic rings. The molecule has 31 heavy (non-hydrogen) atoms. The van der Waals surface area contributed by atoms with Crippen LogP contribution in [0.5, 0.6) is 0 Å². The fourth-order valence-electron chi connectivity index (χ4n) is 6.57. The number of ketones is 3. The fraction of sp³-hybridized carbons (Fsp3) is 0.536. The van der Waals surface area contributed by atoms with Gasteiger partial charge < -0.3 is 0 Å². The molecule has 3 nitrogen and oxygen atoms in total. The van der Waals surface area contributed by atoms with Crippen LogP contribution in [-0.2, 0) is 20.8 Å². The molecule has 0 aromatic heterocycles. The van der Waals surface area contributed by atoms with E-state index >= 15 is 0 Å². The molecule has 5 atom stereocenters. The number of allylic oxidation sites excluding steroid dienone is 4. The second-order valence-corrected chi connectivity index (χ2v) is 10.3. The Balaban J connectivity index is 1.52. The zero-order chi connectivity index (χ0) is 22.3. The van der Waals surface area contributed by atoms with Gasteiger partial charge in [0.2, 0.25) is 0 Å². The van der Waals surface area contributed by atoms with Crippen molar-refractivity contribution in [1.29, 1.82) is 0 Å². The first-order valence-electron chi connectivity index (χ1n) is 11.8. The molecule has 4 unspecified atom stereocenters. The molecule has 1 spiro atoms. The van der Waals surface area contributed by atoms with Crippen molar-refractivity contribution in [3.63, 3.8) is 0 Å². The quantitative estimate of drug-likeness (QED) is 0.584. The number of rotatable bonds is 7. The highest BCUT2D eigenvalue weighted by molar-refractivity contribution is 6.07. The van der Waals surface area contributed by atoms with Crippen LogP contribution < -0.4 is 0 Å². The molecule has 1 aromatic rings. The van der Waals surface area contributed by atoms with Gasteiger partial charge in [-0.3, -0.25) is 14.4 Å². The predicted octanol–water partition coefficient (Wildman–Crippen LogP) is 5.54. The molecule has 4 rings (SSSR count). The van der Waals surface area contributed by atoms with Crippen LogP contribution in [0.15, 0.2) is 53.6 Å². The summed E-state index contributed by atoms with van der Waals surface area (Å²) in [5.74, 6) is 0.192. The van der Waals surface area contributed by atoms with Crippen molar-refractivity contribution in [2.75, 3.05) is 0 Å². The average Bonchev–Trinajstić information content (AvgIpc) is 3.33. The first-order valence-corrected chi connectivity index (χ1v) is 11.8. The van der Waals surface area contributed by atoms with Crippen molar-refractivity contribution in [1.82, 2.24) is 0 Å². The number of hydrogen-bond donors (Lipinski definition) is 0. The van der Waals surface area contributed by atoms with Crippen molar-refractivity contribution in [2.24, 2.45) is 35.0 Å². The summed E-state index contributed by atoms with van der Waals surface area (Å²) in [4.78, 5) is 39.2. The second-order valence-electron chi connectivity index (χ2n) is 10.3. The molecular weight excluding hydrogens is 384 g/mol. The van der Waals surface area contributed by atoms with Crippen molar-refractivity contribution in [3.8, 4) is 0 Å². The molecule has 0 bridgehead atoms. The minimum Gasteiger partial charge on any atom is -0.300 e. The van der Waals surface area contributed by atoms with Gasteiger partial charge in [0.25, 0.3) is 0 Å². The molecule has 0 heterocycles. The van der Waals surface area contributed by atoms with Crippen LogP contribution in [0.1, 0.15) is 58.9 Å². The van der Waals surface area contributed by atoms with E-state index in [9.17, 15) is 14.4 Å². The molecule has 3 aliphatic carbocycles. The minimum absolute atomic E-state index is 0.102. The van der Waals surface area contributed by atoms with Gasteiger partial charge in [-0.25, -0.2) is 0 Å². The maximum absolute atomic E-state index is 13.6. The van der Waals surface area contributed by atoms with Crippen LogP contribution in [0.4, 0.5) is 0 Å².